The van der Waals surface area contributed by atoms with Gasteiger partial charge in [0.25, 0.3) is 0 Å². The first-order chi connectivity index (χ1) is 45.1. The van der Waals surface area contributed by atoms with Crippen molar-refractivity contribution in [1.82, 2.24) is 30.1 Å². The lowest BCUT2D eigenvalue weighted by Gasteiger charge is -2.39. The van der Waals surface area contributed by atoms with Crippen LogP contribution in [-0.2, 0) is 10.8 Å². The van der Waals surface area contributed by atoms with Gasteiger partial charge in [0.1, 0.15) is 23.0 Å². The molecule has 2 aliphatic carbocycles. The van der Waals surface area contributed by atoms with Gasteiger partial charge in [-0.1, -0.05) is 194 Å². The molecule has 0 fully saturated rings. The molecule has 0 radical (unpaired) electrons. The van der Waals surface area contributed by atoms with Crippen LogP contribution in [0.3, 0.4) is 0 Å². The third-order valence-electron chi connectivity index (χ3n) is 18.9. The van der Waals surface area contributed by atoms with Crippen molar-refractivity contribution in [1.29, 1.82) is 0 Å². The minimum absolute atomic E-state index is 0.405. The smallest absolute Gasteiger partial charge is 0.249 e. The Bertz CT molecular complexity index is 5420. The summed E-state index contributed by atoms with van der Waals surface area (Å²) in [6.07, 6.45) is 3.66. The van der Waals surface area contributed by atoms with Gasteiger partial charge in [0, 0.05) is 73.4 Å². The van der Waals surface area contributed by atoms with Gasteiger partial charge in [0.05, 0.1) is 39.0 Å². The molecule has 11 aromatic carbocycles. The summed E-state index contributed by atoms with van der Waals surface area (Å²) in [6.45, 7) is 0. The first-order valence-corrected chi connectivity index (χ1v) is 30.6. The quantitative estimate of drug-likeness (QED) is 0.154. The molecule has 4 aromatic heterocycles. The Labute approximate surface area is 523 Å². The molecule has 0 unspecified atom stereocenters. The lowest BCUT2D eigenvalue weighted by atomic mass is 9.65. The maximum Gasteiger partial charge on any atom is 0.249 e. The number of benzene rings is 11. The van der Waals surface area contributed by atoms with Crippen molar-refractivity contribution < 1.29 is 13.9 Å². The van der Waals surface area contributed by atoms with E-state index in [0.717, 1.165) is 118 Å². The zero-order valence-corrected chi connectivity index (χ0v) is 48.6. The van der Waals surface area contributed by atoms with E-state index in [0.29, 0.717) is 17.6 Å². The number of fused-ring (bicyclic) bond motifs is 19. The molecule has 424 valence electrons. The highest BCUT2D eigenvalue weighted by Gasteiger charge is 2.53. The van der Waals surface area contributed by atoms with Crippen LogP contribution in [0.4, 0.5) is 0 Å². The SMILES string of the molecule is c1ccc(-c2nnc(-c3ccc(-c4ccc5c(c4)C4(c6ccc(-c7cccc8c(-c9ccccc9)nc(-c9cccnc9-c9ccc%10c(c9)C9(c%11ccccc%11O%10)c%10ccccc%10-c%10ccccc%109)nc78)cc6O5)c5ccccc5-c5ccccc54)nc3)o2)cc1. The molecule has 91 heavy (non-hydrogen) atoms. The van der Waals surface area contributed by atoms with Crippen LogP contribution in [0.1, 0.15) is 44.5 Å². The maximum atomic E-state index is 7.26. The molecule has 9 nitrogen and oxygen atoms in total. The monoisotopic (exact) mass is 1160 g/mol. The Morgan fingerprint density at radius 2 is 0.791 bits per heavy atom. The van der Waals surface area contributed by atoms with E-state index >= 15 is 0 Å². The van der Waals surface area contributed by atoms with Crippen LogP contribution < -0.4 is 9.47 Å². The predicted molar refractivity (Wildman–Crippen MR) is 356 cm³/mol. The average Bonchev–Trinajstić information content (AvgIpc) is 1.57. The Kier molecular flexibility index (Phi) is 11.0. The minimum atomic E-state index is -0.746. The summed E-state index contributed by atoms with van der Waals surface area (Å²) in [4.78, 5) is 21.4. The number of pyridine rings is 2. The van der Waals surface area contributed by atoms with Gasteiger partial charge in [0.2, 0.25) is 11.8 Å². The number of hydrogen-bond donors (Lipinski definition) is 0. The van der Waals surface area contributed by atoms with Crippen molar-refractivity contribution in [3.63, 3.8) is 0 Å². The van der Waals surface area contributed by atoms with Gasteiger partial charge in [-0.3, -0.25) is 9.97 Å². The van der Waals surface area contributed by atoms with Gasteiger partial charge in [-0.25, -0.2) is 9.97 Å². The van der Waals surface area contributed by atoms with Crippen molar-refractivity contribution in [2.75, 3.05) is 0 Å². The Hall–Kier alpha value is -12.2. The number of nitrogens with zero attached hydrogens (tertiary/aromatic N) is 6. The van der Waals surface area contributed by atoms with Gasteiger partial charge in [0.15, 0.2) is 5.82 Å². The van der Waals surface area contributed by atoms with Crippen LogP contribution in [-0.4, -0.2) is 30.1 Å². The van der Waals surface area contributed by atoms with Crippen LogP contribution in [0.15, 0.2) is 296 Å². The molecule has 0 saturated heterocycles. The van der Waals surface area contributed by atoms with Gasteiger partial charge >= 0.3 is 0 Å². The number of rotatable bonds is 7. The average molecular weight is 1170 g/mol. The van der Waals surface area contributed by atoms with E-state index in [1.54, 1.807) is 6.20 Å². The number of aromatic nitrogens is 6. The fourth-order valence-corrected chi connectivity index (χ4v) is 15.1. The van der Waals surface area contributed by atoms with Crippen molar-refractivity contribution in [3.8, 4) is 124 Å². The van der Waals surface area contributed by atoms with Crippen molar-refractivity contribution in [2.24, 2.45) is 0 Å². The largest absolute Gasteiger partial charge is 0.457 e. The third kappa shape index (κ3) is 7.40. The second-order valence-electron chi connectivity index (χ2n) is 23.6. The van der Waals surface area contributed by atoms with Crippen molar-refractivity contribution in [3.05, 3.63) is 336 Å². The number of para-hydroxylation sites is 2. The Morgan fingerprint density at radius 3 is 1.44 bits per heavy atom. The van der Waals surface area contributed by atoms with E-state index in [2.05, 4.69) is 235 Å². The summed E-state index contributed by atoms with van der Waals surface area (Å²) in [6, 6.07) is 98.0. The molecule has 0 bridgehead atoms. The highest BCUT2D eigenvalue weighted by Crippen LogP contribution is 2.64. The van der Waals surface area contributed by atoms with E-state index in [-0.39, 0.29) is 0 Å². The predicted octanol–water partition coefficient (Wildman–Crippen LogP) is 19.4. The van der Waals surface area contributed by atoms with E-state index in [1.807, 2.05) is 60.8 Å². The zero-order chi connectivity index (χ0) is 59.8. The molecule has 6 heterocycles. The van der Waals surface area contributed by atoms with E-state index in [1.165, 1.54) is 44.5 Å². The van der Waals surface area contributed by atoms with Gasteiger partial charge in [-0.05, 0) is 135 Å². The fourth-order valence-electron chi connectivity index (χ4n) is 15.1. The second kappa shape index (κ2) is 19.7. The molecule has 0 N–H and O–H groups in total. The molecule has 19 rings (SSSR count). The number of ether oxygens (including phenoxy) is 2. The van der Waals surface area contributed by atoms with Gasteiger partial charge in [-0.2, -0.15) is 0 Å². The normalized spacial score (nSPS) is 13.6. The third-order valence-corrected chi connectivity index (χ3v) is 18.9. The summed E-state index contributed by atoms with van der Waals surface area (Å²) in [5, 5.41) is 9.62. The number of hydrogen-bond acceptors (Lipinski definition) is 9. The molecule has 2 aliphatic heterocycles. The summed E-state index contributed by atoms with van der Waals surface area (Å²) in [5.41, 5.74) is 22.8. The molecular formula is C82H48N6O3. The van der Waals surface area contributed by atoms with Gasteiger partial charge < -0.3 is 13.9 Å². The highest BCUT2D eigenvalue weighted by atomic mass is 16.5. The van der Waals surface area contributed by atoms with Crippen LogP contribution in [0.2, 0.25) is 0 Å². The molecule has 0 amide bonds. The molecule has 4 aliphatic rings. The van der Waals surface area contributed by atoms with Crippen LogP contribution in [0, 0.1) is 0 Å². The van der Waals surface area contributed by atoms with Gasteiger partial charge in [-0.15, -0.1) is 10.2 Å². The molecule has 0 atom stereocenters. The Morgan fingerprint density at radius 1 is 0.286 bits per heavy atom. The summed E-state index contributed by atoms with van der Waals surface area (Å²) < 4.78 is 20.2. The molecule has 15 aromatic rings. The second-order valence-corrected chi connectivity index (χ2v) is 23.6. The minimum Gasteiger partial charge on any atom is -0.457 e. The molecule has 9 heteroatoms. The lowest BCUT2D eigenvalue weighted by Crippen LogP contribution is -2.32. The summed E-state index contributed by atoms with van der Waals surface area (Å²) in [5.74, 6) is 4.59. The highest BCUT2D eigenvalue weighted by molar-refractivity contribution is 6.03. The zero-order valence-electron chi connectivity index (χ0n) is 48.6. The van der Waals surface area contributed by atoms with Crippen LogP contribution >= 0.6 is 0 Å². The summed E-state index contributed by atoms with van der Waals surface area (Å²) >= 11 is 0. The topological polar surface area (TPSA) is 109 Å². The van der Waals surface area contributed by atoms with E-state index in [4.69, 9.17) is 33.8 Å². The van der Waals surface area contributed by atoms with Crippen molar-refractivity contribution in [2.45, 2.75) is 10.8 Å². The van der Waals surface area contributed by atoms with E-state index < -0.39 is 10.8 Å². The maximum absolute atomic E-state index is 7.26. The Balaban J connectivity index is 0.757. The molecular weight excluding hydrogens is 1120 g/mol. The van der Waals surface area contributed by atoms with Crippen LogP contribution in [0.25, 0.3) is 112 Å². The van der Waals surface area contributed by atoms with Crippen LogP contribution in [0.5, 0.6) is 23.0 Å². The fraction of sp³-hybridized carbons (Fsp3) is 0.0244. The molecule has 0 saturated carbocycles. The standard InChI is InChI=1S/C82H48N6O3/c1-3-19-49(20-4-1)76-60-28-17-27-55(77(60)86-78(85-76)61-29-18-44-83-75(61)53-39-43-72-69(46-53)81(66-34-15-16-35-71(66)89-72)62-30-11-7-23-56(62)57-24-8-12-31-63(57)81)51-36-40-67-74(47-51)90-73-42-38-52(45-68(73)82(67)64-32-13-9-25-58(64)59-26-10-14-33-65(59)82)70-41-37-54(48-84-70)80-88-87-79(91-80)50-21-5-2-6-22-50/h1-48H. The molecule has 2 spiro atoms. The van der Waals surface area contributed by atoms with Crippen molar-refractivity contribution >= 4 is 10.9 Å². The first kappa shape index (κ1) is 50.9. The lowest BCUT2D eigenvalue weighted by molar-refractivity contribution is 0.436. The summed E-state index contributed by atoms with van der Waals surface area (Å²) in [7, 11) is 0. The first-order valence-electron chi connectivity index (χ1n) is 30.6. The van der Waals surface area contributed by atoms with E-state index in [9.17, 15) is 0 Å².